The molecule has 35 heavy (non-hydrogen) atoms. The fourth-order valence-electron chi connectivity index (χ4n) is 8.99. The highest BCUT2D eigenvalue weighted by Crippen LogP contribution is 2.75. The first-order chi connectivity index (χ1) is 16.8. The lowest BCUT2D eigenvalue weighted by atomic mass is 9.41. The van der Waals surface area contributed by atoms with Crippen molar-refractivity contribution in [1.82, 2.24) is 4.90 Å². The third-order valence-corrected chi connectivity index (χ3v) is 12.1. The quantitative estimate of drug-likeness (QED) is 0.639. The minimum atomic E-state index is -3.83. The molecular formula is C27H28N2O5S. The van der Waals surface area contributed by atoms with Gasteiger partial charge in [-0.2, -0.15) is 0 Å². The van der Waals surface area contributed by atoms with Crippen LogP contribution in [0.5, 0.6) is 0 Å². The van der Waals surface area contributed by atoms with E-state index in [0.29, 0.717) is 25.1 Å². The number of carbonyl (C=O) groups is 2. The van der Waals surface area contributed by atoms with Crippen molar-refractivity contribution < 1.29 is 22.7 Å². The fraction of sp³-hybridized carbons (Fsp3) is 0.481. The van der Waals surface area contributed by atoms with E-state index in [2.05, 4.69) is 0 Å². The van der Waals surface area contributed by atoms with Crippen LogP contribution in [0.1, 0.15) is 44.1 Å². The molecule has 3 spiro atoms. The third-order valence-electron chi connectivity index (χ3n) is 9.91. The van der Waals surface area contributed by atoms with Crippen molar-refractivity contribution in [3.05, 3.63) is 60.2 Å². The minimum Gasteiger partial charge on any atom is -0.452 e. The first kappa shape index (κ1) is 21.4. The van der Waals surface area contributed by atoms with Crippen molar-refractivity contribution >= 4 is 27.5 Å². The van der Waals surface area contributed by atoms with Crippen LogP contribution >= 0.6 is 0 Å². The highest BCUT2D eigenvalue weighted by Gasteiger charge is 2.83. The van der Waals surface area contributed by atoms with Crippen LogP contribution in [-0.2, 0) is 24.8 Å². The molecule has 3 heterocycles. The zero-order valence-electron chi connectivity index (χ0n) is 19.6. The highest BCUT2D eigenvalue weighted by atomic mass is 32.2. The fourth-order valence-corrected chi connectivity index (χ4v) is 11.4. The predicted molar refractivity (Wildman–Crippen MR) is 129 cm³/mol. The Morgan fingerprint density at radius 1 is 1.03 bits per heavy atom. The number of para-hydroxylation sites is 1. The Labute approximate surface area is 205 Å². The Kier molecular flexibility index (Phi) is 4.08. The molecule has 3 saturated carbocycles. The largest absolute Gasteiger partial charge is 0.452 e. The summed E-state index contributed by atoms with van der Waals surface area (Å²) in [6.07, 6.45) is 3.23. The molecule has 8 rings (SSSR count). The molecule has 2 bridgehead atoms. The second kappa shape index (κ2) is 6.66. The van der Waals surface area contributed by atoms with Crippen molar-refractivity contribution in [3.63, 3.8) is 0 Å². The smallest absolute Gasteiger partial charge is 0.414 e. The number of ether oxygens (including phenoxy) is 1. The van der Waals surface area contributed by atoms with Gasteiger partial charge in [0.15, 0.2) is 9.84 Å². The molecule has 0 N–H and O–H groups in total. The molecule has 8 heteroatoms. The lowest BCUT2D eigenvalue weighted by Crippen LogP contribution is -2.81. The summed E-state index contributed by atoms with van der Waals surface area (Å²) in [5, 5.41) is -0.834. The topological polar surface area (TPSA) is 84.0 Å². The zero-order valence-corrected chi connectivity index (χ0v) is 20.5. The van der Waals surface area contributed by atoms with Gasteiger partial charge in [0.2, 0.25) is 5.91 Å². The molecule has 2 saturated heterocycles. The number of carbonyl (C=O) groups excluding carboxylic acids is 2. The van der Waals surface area contributed by atoms with Gasteiger partial charge in [-0.3, -0.25) is 9.69 Å². The normalized spacial score (nSPS) is 36.5. The van der Waals surface area contributed by atoms with E-state index in [1.54, 1.807) is 35.2 Å². The van der Waals surface area contributed by atoms with Gasteiger partial charge < -0.3 is 9.64 Å². The zero-order chi connectivity index (χ0) is 24.2. The van der Waals surface area contributed by atoms with Crippen LogP contribution in [0.4, 0.5) is 10.5 Å². The maximum atomic E-state index is 14.5. The number of fused-ring (bicyclic) bond motifs is 3. The van der Waals surface area contributed by atoms with E-state index in [0.717, 1.165) is 24.8 Å². The van der Waals surface area contributed by atoms with E-state index >= 15 is 0 Å². The number of amides is 2. The van der Waals surface area contributed by atoms with E-state index in [1.165, 1.54) is 7.11 Å². The first-order valence-corrected chi connectivity index (χ1v) is 13.9. The average Bonchev–Trinajstić information content (AvgIpc) is 3.34. The Bertz CT molecular complexity index is 1380. The molecule has 5 atom stereocenters. The first-order valence-electron chi connectivity index (χ1n) is 12.4. The Morgan fingerprint density at radius 2 is 1.77 bits per heavy atom. The molecule has 3 aliphatic heterocycles. The second-order valence-electron chi connectivity index (χ2n) is 10.9. The van der Waals surface area contributed by atoms with Gasteiger partial charge in [0.05, 0.1) is 33.9 Å². The molecule has 2 aromatic rings. The van der Waals surface area contributed by atoms with Gasteiger partial charge in [0.25, 0.3) is 0 Å². The van der Waals surface area contributed by atoms with Gasteiger partial charge in [0.1, 0.15) is 0 Å². The monoisotopic (exact) mass is 492 g/mol. The minimum absolute atomic E-state index is 0.0737. The van der Waals surface area contributed by atoms with Crippen molar-refractivity contribution in [2.45, 2.75) is 65.7 Å². The van der Waals surface area contributed by atoms with Crippen LogP contribution in [0.15, 0.2) is 59.5 Å². The SMILES string of the molecule is COC(=O)N1c2ccccc2[C@@]23CC(=O)N4CCC[C@@]5(CC[C@@]12C(S(=O)(=O)c1ccccc1)C5)[C@H]43. The van der Waals surface area contributed by atoms with Gasteiger partial charge in [-0.1, -0.05) is 36.4 Å². The van der Waals surface area contributed by atoms with Crippen molar-refractivity contribution in [2.24, 2.45) is 5.41 Å². The molecule has 182 valence electrons. The van der Waals surface area contributed by atoms with Gasteiger partial charge in [-0.25, -0.2) is 13.2 Å². The molecule has 2 aromatic carbocycles. The van der Waals surface area contributed by atoms with Crippen LogP contribution in [0.25, 0.3) is 0 Å². The number of nitrogens with zero attached hydrogens (tertiary/aromatic N) is 2. The number of benzene rings is 2. The van der Waals surface area contributed by atoms with Gasteiger partial charge in [0, 0.05) is 19.0 Å². The Balaban J connectivity index is 1.58. The highest BCUT2D eigenvalue weighted by molar-refractivity contribution is 7.92. The maximum Gasteiger partial charge on any atom is 0.414 e. The van der Waals surface area contributed by atoms with Crippen LogP contribution in [0, 0.1) is 5.41 Å². The number of hydrogen-bond donors (Lipinski definition) is 0. The van der Waals surface area contributed by atoms with Crippen molar-refractivity contribution in [3.8, 4) is 0 Å². The summed E-state index contributed by atoms with van der Waals surface area (Å²) < 4.78 is 34.2. The number of hydrogen-bond acceptors (Lipinski definition) is 5. The van der Waals surface area contributed by atoms with E-state index in [9.17, 15) is 18.0 Å². The standard InChI is InChI=1S/C27H28N2O5S/c1-34-24(31)29-20-11-6-5-10-19(20)26-17-22(30)28-15-7-12-25(23(26)28)13-14-27(26,29)21(16-25)35(32,33)18-8-3-2-4-9-18/h2-6,8-11,21,23H,7,12-17H2,1H3/t21?,23-,25-,26+,27-/m0/s1. The van der Waals surface area contributed by atoms with Crippen LogP contribution in [0.3, 0.4) is 0 Å². The molecule has 7 nitrogen and oxygen atoms in total. The van der Waals surface area contributed by atoms with Crippen LogP contribution < -0.4 is 4.90 Å². The van der Waals surface area contributed by atoms with E-state index < -0.39 is 32.1 Å². The maximum absolute atomic E-state index is 14.5. The molecule has 3 aliphatic carbocycles. The Hall–Kier alpha value is -2.87. The number of anilines is 1. The summed E-state index contributed by atoms with van der Waals surface area (Å²) in [5.41, 5.74) is -0.543. The second-order valence-corrected chi connectivity index (χ2v) is 13.0. The molecule has 6 aliphatic rings. The van der Waals surface area contributed by atoms with Gasteiger partial charge >= 0.3 is 6.09 Å². The van der Waals surface area contributed by atoms with Crippen LogP contribution in [0.2, 0.25) is 0 Å². The van der Waals surface area contributed by atoms with E-state index in [4.69, 9.17) is 4.74 Å². The van der Waals surface area contributed by atoms with Gasteiger partial charge in [-0.15, -0.1) is 0 Å². The molecule has 2 amide bonds. The number of sulfone groups is 1. The van der Waals surface area contributed by atoms with Gasteiger partial charge in [-0.05, 0) is 61.3 Å². The molecule has 0 aromatic heterocycles. The summed E-state index contributed by atoms with van der Waals surface area (Å²) in [5.74, 6) is 0.0737. The van der Waals surface area contributed by atoms with Crippen molar-refractivity contribution in [2.75, 3.05) is 18.6 Å². The summed E-state index contributed by atoms with van der Waals surface area (Å²) in [7, 11) is -2.49. The number of methoxy groups -OCH3 is 1. The summed E-state index contributed by atoms with van der Waals surface area (Å²) in [6, 6.07) is 16.2. The third kappa shape index (κ3) is 2.22. The van der Waals surface area contributed by atoms with E-state index in [1.807, 2.05) is 29.2 Å². The summed E-state index contributed by atoms with van der Waals surface area (Å²) in [4.78, 5) is 31.1. The summed E-state index contributed by atoms with van der Waals surface area (Å²) in [6.45, 7) is 0.694. The molecule has 1 unspecified atom stereocenters. The molecule has 5 fully saturated rings. The molecule has 0 radical (unpaired) electrons. The lowest BCUT2D eigenvalue weighted by Gasteiger charge is -2.69. The average molecular weight is 493 g/mol. The van der Waals surface area contributed by atoms with Crippen molar-refractivity contribution in [1.29, 1.82) is 0 Å². The Morgan fingerprint density at radius 3 is 2.54 bits per heavy atom. The lowest BCUT2D eigenvalue weighted by molar-refractivity contribution is -0.139. The number of piperidine rings is 1. The molecular weight excluding hydrogens is 464 g/mol. The summed E-state index contributed by atoms with van der Waals surface area (Å²) >= 11 is 0. The number of rotatable bonds is 2. The predicted octanol–water partition coefficient (Wildman–Crippen LogP) is 3.67. The van der Waals surface area contributed by atoms with E-state index in [-0.39, 0.29) is 28.7 Å². The van der Waals surface area contributed by atoms with Crippen LogP contribution in [-0.4, -0.2) is 55.8 Å².